The lowest BCUT2D eigenvalue weighted by Crippen LogP contribution is -2.59. The number of H-pyrrole nitrogens is 1. The van der Waals surface area contributed by atoms with Crippen LogP contribution in [0.15, 0.2) is 45.3 Å². The lowest BCUT2D eigenvalue weighted by molar-refractivity contribution is -0.0523. The molecule has 2 aromatic rings. The van der Waals surface area contributed by atoms with Gasteiger partial charge in [-0.1, -0.05) is 6.08 Å². The van der Waals surface area contributed by atoms with Gasteiger partial charge in [-0.2, -0.15) is 0 Å². The van der Waals surface area contributed by atoms with E-state index in [-0.39, 0.29) is 10.3 Å². The summed E-state index contributed by atoms with van der Waals surface area (Å²) in [5, 5.41) is 0.140. The molecule has 0 amide bonds. The van der Waals surface area contributed by atoms with Gasteiger partial charge in [0.05, 0.1) is 34.6 Å². The van der Waals surface area contributed by atoms with E-state index < -0.39 is 26.8 Å². The van der Waals surface area contributed by atoms with Crippen molar-refractivity contribution >= 4 is 20.9 Å². The Hall–Kier alpha value is -2.23. The Morgan fingerprint density at radius 1 is 1.40 bits per heavy atom. The van der Waals surface area contributed by atoms with E-state index >= 15 is 0 Å². The average Bonchev–Trinajstić information content (AvgIpc) is 2.52. The van der Waals surface area contributed by atoms with E-state index in [2.05, 4.69) is 16.3 Å². The van der Waals surface area contributed by atoms with Gasteiger partial charge < -0.3 is 4.74 Å². The summed E-state index contributed by atoms with van der Waals surface area (Å²) in [6, 6.07) is 4.14. The Balaban J connectivity index is 2.09. The number of sulfonamides is 1. The van der Waals surface area contributed by atoms with E-state index in [0.29, 0.717) is 31.7 Å². The molecule has 2 N–H and O–H groups in total. The molecule has 25 heavy (non-hydrogen) atoms. The van der Waals surface area contributed by atoms with Crippen molar-refractivity contribution in [2.75, 3.05) is 13.2 Å². The van der Waals surface area contributed by atoms with E-state index in [1.54, 1.807) is 13.0 Å². The fourth-order valence-electron chi connectivity index (χ4n) is 2.73. The van der Waals surface area contributed by atoms with Crippen molar-refractivity contribution in [2.45, 2.75) is 30.3 Å². The second kappa shape index (κ2) is 6.25. The highest BCUT2D eigenvalue weighted by atomic mass is 32.2. The minimum absolute atomic E-state index is 0.0347. The molecule has 0 spiro atoms. The minimum atomic E-state index is -3.81. The third kappa shape index (κ3) is 3.30. The summed E-state index contributed by atoms with van der Waals surface area (Å²) in [4.78, 5) is 26.3. The Morgan fingerprint density at radius 2 is 2.12 bits per heavy atom. The lowest BCUT2D eigenvalue weighted by atomic mass is 10.0. The second-order valence-corrected chi connectivity index (χ2v) is 8.01. The summed E-state index contributed by atoms with van der Waals surface area (Å²) >= 11 is 0. The Kier molecular flexibility index (Phi) is 4.40. The number of benzene rings is 1. The van der Waals surface area contributed by atoms with E-state index in [9.17, 15) is 18.0 Å². The number of rotatable bonds is 6. The van der Waals surface area contributed by atoms with Crippen LogP contribution in [0.4, 0.5) is 0 Å². The maximum atomic E-state index is 12.6. The van der Waals surface area contributed by atoms with Gasteiger partial charge in [0.1, 0.15) is 0 Å². The van der Waals surface area contributed by atoms with E-state index in [1.807, 2.05) is 0 Å². The molecule has 8 nitrogen and oxygen atoms in total. The van der Waals surface area contributed by atoms with Crippen LogP contribution in [0.2, 0.25) is 0 Å². The van der Waals surface area contributed by atoms with Gasteiger partial charge in [-0.25, -0.2) is 17.9 Å². The first-order valence-electron chi connectivity index (χ1n) is 7.75. The van der Waals surface area contributed by atoms with Crippen LogP contribution in [0, 0.1) is 0 Å². The molecule has 1 aromatic carbocycles. The molecular weight excluding hydrogens is 346 g/mol. The highest BCUT2D eigenvalue weighted by Gasteiger charge is 2.37. The van der Waals surface area contributed by atoms with Gasteiger partial charge in [0.2, 0.25) is 10.0 Å². The van der Waals surface area contributed by atoms with Gasteiger partial charge in [-0.15, -0.1) is 6.58 Å². The molecule has 0 bridgehead atoms. The summed E-state index contributed by atoms with van der Waals surface area (Å²) < 4.78 is 34.1. The molecule has 1 aliphatic rings. The maximum Gasteiger partial charge on any atom is 0.328 e. The maximum absolute atomic E-state index is 12.6. The fraction of sp³-hybridized carbons (Fsp3) is 0.375. The first-order valence-corrected chi connectivity index (χ1v) is 9.24. The molecule has 1 aromatic heterocycles. The van der Waals surface area contributed by atoms with Crippen LogP contribution in [-0.4, -0.2) is 36.7 Å². The lowest BCUT2D eigenvalue weighted by Gasteiger charge is -2.38. The number of aryl methyl sites for hydroxylation is 1. The number of allylic oxidation sites excluding steroid dienone is 1. The van der Waals surface area contributed by atoms with Crippen LogP contribution in [0.3, 0.4) is 0 Å². The van der Waals surface area contributed by atoms with E-state index in [0.717, 1.165) is 0 Å². The Bertz CT molecular complexity index is 1050. The molecule has 134 valence electrons. The third-order valence-electron chi connectivity index (χ3n) is 4.06. The van der Waals surface area contributed by atoms with Crippen molar-refractivity contribution in [1.29, 1.82) is 0 Å². The number of nitrogens with zero attached hydrogens (tertiary/aromatic N) is 1. The number of aromatic amines is 1. The molecule has 0 aliphatic carbocycles. The van der Waals surface area contributed by atoms with Crippen molar-refractivity contribution in [2.24, 2.45) is 0 Å². The highest BCUT2D eigenvalue weighted by Crippen LogP contribution is 2.21. The average molecular weight is 365 g/mol. The summed E-state index contributed by atoms with van der Waals surface area (Å²) in [6.07, 6.45) is 2.20. The molecule has 0 atom stereocenters. The highest BCUT2D eigenvalue weighted by molar-refractivity contribution is 7.89. The van der Waals surface area contributed by atoms with Gasteiger partial charge in [0.25, 0.3) is 5.56 Å². The van der Waals surface area contributed by atoms with Crippen molar-refractivity contribution in [3.8, 4) is 0 Å². The number of ether oxygens (including phenoxy) is 1. The van der Waals surface area contributed by atoms with Crippen LogP contribution in [0.25, 0.3) is 10.9 Å². The number of aromatic nitrogens is 2. The smallest absolute Gasteiger partial charge is 0.328 e. The summed E-state index contributed by atoms with van der Waals surface area (Å²) in [6.45, 7) is 6.29. The minimum Gasteiger partial charge on any atom is -0.377 e. The number of nitrogens with one attached hydrogen (secondary N) is 2. The van der Waals surface area contributed by atoms with E-state index in [1.165, 1.54) is 22.8 Å². The van der Waals surface area contributed by atoms with Crippen LogP contribution >= 0.6 is 0 Å². The molecule has 1 fully saturated rings. The molecule has 0 radical (unpaired) electrons. The summed E-state index contributed by atoms with van der Waals surface area (Å²) in [5.41, 5.74) is -1.42. The molecule has 1 saturated heterocycles. The SMILES string of the molecule is C=CCCn1c(=O)[nH]c(=O)c2cc(S(=O)(=O)NC3(C)COC3)ccc21. The molecule has 9 heteroatoms. The number of hydrogen-bond acceptors (Lipinski definition) is 5. The number of hydrogen-bond donors (Lipinski definition) is 2. The van der Waals surface area contributed by atoms with Crippen LogP contribution in [0.1, 0.15) is 13.3 Å². The van der Waals surface area contributed by atoms with Gasteiger partial charge >= 0.3 is 5.69 Å². The largest absolute Gasteiger partial charge is 0.377 e. The zero-order valence-corrected chi connectivity index (χ0v) is 14.6. The zero-order chi connectivity index (χ0) is 18.2. The quantitative estimate of drug-likeness (QED) is 0.717. The number of fused-ring (bicyclic) bond motifs is 1. The fourth-order valence-corrected chi connectivity index (χ4v) is 4.14. The standard InChI is InChI=1S/C16H19N3O5S/c1-3-4-7-19-13-6-5-11(8-12(13)14(20)17-15(19)21)25(22,23)18-16(2)9-24-10-16/h3,5-6,8,18H,1,4,7,9-10H2,2H3,(H,17,20,21). The monoisotopic (exact) mass is 365 g/mol. The molecule has 0 saturated carbocycles. The Morgan fingerprint density at radius 3 is 2.72 bits per heavy atom. The zero-order valence-electron chi connectivity index (χ0n) is 13.7. The summed E-state index contributed by atoms with van der Waals surface area (Å²) in [5.74, 6) is 0. The predicted octanol–water partition coefficient (Wildman–Crippen LogP) is 0.333. The van der Waals surface area contributed by atoms with E-state index in [4.69, 9.17) is 4.74 Å². The van der Waals surface area contributed by atoms with Gasteiger partial charge in [-0.3, -0.25) is 14.3 Å². The van der Waals surface area contributed by atoms with Gasteiger partial charge in [0.15, 0.2) is 0 Å². The summed E-state index contributed by atoms with van der Waals surface area (Å²) in [7, 11) is -3.81. The third-order valence-corrected chi connectivity index (χ3v) is 5.69. The normalized spacial score (nSPS) is 16.5. The molecule has 1 aliphatic heterocycles. The second-order valence-electron chi connectivity index (χ2n) is 6.33. The predicted molar refractivity (Wildman–Crippen MR) is 93.2 cm³/mol. The van der Waals surface area contributed by atoms with Crippen LogP contribution < -0.4 is 16.0 Å². The molecule has 2 heterocycles. The van der Waals surface area contributed by atoms with Crippen LogP contribution in [0.5, 0.6) is 0 Å². The molecular formula is C16H19N3O5S. The Labute approximate surface area is 144 Å². The van der Waals surface area contributed by atoms with Crippen molar-refractivity contribution in [3.05, 3.63) is 51.7 Å². The molecule has 0 unspecified atom stereocenters. The van der Waals surface area contributed by atoms with Crippen molar-refractivity contribution < 1.29 is 13.2 Å². The first-order chi connectivity index (χ1) is 11.8. The van der Waals surface area contributed by atoms with Crippen LogP contribution in [-0.2, 0) is 21.3 Å². The van der Waals surface area contributed by atoms with Gasteiger partial charge in [0, 0.05) is 6.54 Å². The first kappa shape index (κ1) is 17.6. The van der Waals surface area contributed by atoms with Crippen molar-refractivity contribution in [3.63, 3.8) is 0 Å². The van der Waals surface area contributed by atoms with Crippen molar-refractivity contribution in [1.82, 2.24) is 14.3 Å². The molecule has 3 rings (SSSR count). The topological polar surface area (TPSA) is 110 Å². The van der Waals surface area contributed by atoms with Gasteiger partial charge in [-0.05, 0) is 31.5 Å².